The molecule has 1 aliphatic heterocycles. The number of carboxylic acids is 1. The molecule has 8 nitrogen and oxygen atoms in total. The molecule has 1 aliphatic rings. The number of carboxylic acid groups (broad SMARTS) is 1. The fraction of sp³-hybridized carbons (Fsp3) is 0.769. The summed E-state index contributed by atoms with van der Waals surface area (Å²) in [6.07, 6.45) is 0.441. The average molecular weight is 301 g/mol. The molecule has 120 valence electrons. The lowest BCUT2D eigenvalue weighted by Crippen LogP contribution is -2.48. The van der Waals surface area contributed by atoms with Crippen LogP contribution in [0.4, 0.5) is 4.79 Å². The first-order valence-electron chi connectivity index (χ1n) is 6.88. The molecule has 0 aromatic carbocycles. The third-order valence-corrected chi connectivity index (χ3v) is 3.65. The van der Waals surface area contributed by atoms with E-state index in [2.05, 4.69) is 5.32 Å². The molecule has 0 spiro atoms. The minimum atomic E-state index is -0.891. The Morgan fingerprint density at radius 3 is 2.62 bits per heavy atom. The minimum absolute atomic E-state index is 0.0660. The average Bonchev–Trinajstić information content (AvgIpc) is 2.80. The van der Waals surface area contributed by atoms with E-state index in [0.717, 1.165) is 0 Å². The second kappa shape index (κ2) is 7.82. The van der Waals surface area contributed by atoms with Gasteiger partial charge in [-0.1, -0.05) is 0 Å². The highest BCUT2D eigenvalue weighted by atomic mass is 16.5. The van der Waals surface area contributed by atoms with Gasteiger partial charge in [-0.2, -0.15) is 0 Å². The maximum atomic E-state index is 12.2. The largest absolute Gasteiger partial charge is 0.481 e. The molecule has 1 fully saturated rings. The summed E-state index contributed by atoms with van der Waals surface area (Å²) in [5.41, 5.74) is 0. The lowest BCUT2D eigenvalue weighted by atomic mass is 10.0. The molecule has 8 heteroatoms. The number of urea groups is 1. The van der Waals surface area contributed by atoms with E-state index >= 15 is 0 Å². The number of likely N-dealkylation sites (N-methyl/N-ethyl adjacent to an activating group) is 1. The van der Waals surface area contributed by atoms with Crippen molar-refractivity contribution in [1.29, 1.82) is 0 Å². The van der Waals surface area contributed by atoms with Crippen molar-refractivity contribution < 1.29 is 24.2 Å². The predicted molar refractivity (Wildman–Crippen MR) is 74.8 cm³/mol. The van der Waals surface area contributed by atoms with Crippen molar-refractivity contribution in [3.63, 3.8) is 0 Å². The number of methoxy groups -OCH3 is 1. The van der Waals surface area contributed by atoms with Crippen molar-refractivity contribution in [2.45, 2.75) is 19.4 Å². The van der Waals surface area contributed by atoms with Gasteiger partial charge in [0.25, 0.3) is 0 Å². The Morgan fingerprint density at radius 2 is 2.10 bits per heavy atom. The second-order valence-corrected chi connectivity index (χ2v) is 5.15. The maximum Gasteiger partial charge on any atom is 0.320 e. The highest BCUT2D eigenvalue weighted by Crippen LogP contribution is 2.25. The summed E-state index contributed by atoms with van der Waals surface area (Å²) in [5.74, 6) is -1.71. The van der Waals surface area contributed by atoms with Gasteiger partial charge in [0.2, 0.25) is 5.91 Å². The number of hydrogen-bond donors (Lipinski definition) is 2. The Labute approximate surface area is 124 Å². The van der Waals surface area contributed by atoms with Crippen molar-refractivity contribution in [3.8, 4) is 0 Å². The molecule has 0 radical (unpaired) electrons. The van der Waals surface area contributed by atoms with Gasteiger partial charge in [0.1, 0.15) is 6.54 Å². The molecule has 0 aliphatic carbocycles. The van der Waals surface area contributed by atoms with E-state index in [1.165, 1.54) is 24.0 Å². The number of nitrogens with zero attached hydrogens (tertiary/aromatic N) is 2. The van der Waals surface area contributed by atoms with Gasteiger partial charge in [-0.05, 0) is 13.3 Å². The van der Waals surface area contributed by atoms with Gasteiger partial charge in [0, 0.05) is 33.3 Å². The second-order valence-electron chi connectivity index (χ2n) is 5.15. The third-order valence-electron chi connectivity index (χ3n) is 3.65. The quantitative estimate of drug-likeness (QED) is 0.650. The van der Waals surface area contributed by atoms with Crippen LogP contribution in [0.15, 0.2) is 0 Å². The normalized spacial score (nSPS) is 21.2. The van der Waals surface area contributed by atoms with Crippen LogP contribution in [0, 0.1) is 5.92 Å². The molecule has 0 aromatic rings. The Hall–Kier alpha value is -1.83. The highest BCUT2D eigenvalue weighted by molar-refractivity contribution is 5.84. The summed E-state index contributed by atoms with van der Waals surface area (Å²) in [4.78, 5) is 37.7. The molecule has 1 rings (SSSR count). The first-order valence-corrected chi connectivity index (χ1v) is 6.88. The van der Waals surface area contributed by atoms with Gasteiger partial charge in [0.15, 0.2) is 0 Å². The van der Waals surface area contributed by atoms with E-state index < -0.39 is 11.9 Å². The number of rotatable bonds is 6. The fourth-order valence-corrected chi connectivity index (χ4v) is 2.39. The molecule has 2 unspecified atom stereocenters. The molecule has 3 amide bonds. The summed E-state index contributed by atoms with van der Waals surface area (Å²) in [6, 6.07) is -0.692. The number of ether oxygens (including phenoxy) is 1. The van der Waals surface area contributed by atoms with Crippen LogP contribution >= 0.6 is 0 Å². The summed E-state index contributed by atoms with van der Waals surface area (Å²) in [6.45, 7) is 2.84. The minimum Gasteiger partial charge on any atom is -0.481 e. The van der Waals surface area contributed by atoms with Crippen LogP contribution in [-0.4, -0.2) is 79.3 Å². The van der Waals surface area contributed by atoms with Crippen LogP contribution in [0.3, 0.4) is 0 Å². The zero-order valence-corrected chi connectivity index (χ0v) is 12.7. The molecule has 2 N–H and O–H groups in total. The van der Waals surface area contributed by atoms with Crippen LogP contribution in [0.1, 0.15) is 13.3 Å². The van der Waals surface area contributed by atoms with Crippen LogP contribution in [0.25, 0.3) is 0 Å². The van der Waals surface area contributed by atoms with Crippen LogP contribution in [0.5, 0.6) is 0 Å². The number of likely N-dealkylation sites (tertiary alicyclic amines) is 1. The number of carbonyl (C=O) groups excluding carboxylic acids is 2. The van der Waals surface area contributed by atoms with Crippen molar-refractivity contribution in [3.05, 3.63) is 0 Å². The van der Waals surface area contributed by atoms with E-state index in [1.54, 1.807) is 6.92 Å². The van der Waals surface area contributed by atoms with Crippen molar-refractivity contribution in [2.24, 2.45) is 5.92 Å². The zero-order chi connectivity index (χ0) is 16.0. The lowest BCUT2D eigenvalue weighted by molar-refractivity contribution is -0.142. The summed E-state index contributed by atoms with van der Waals surface area (Å²) in [5, 5.41) is 11.7. The first-order chi connectivity index (χ1) is 9.88. The molecule has 1 heterocycles. The Balaban J connectivity index is 2.47. The van der Waals surface area contributed by atoms with E-state index in [-0.39, 0.29) is 24.5 Å². The predicted octanol–water partition coefficient (Wildman–Crippen LogP) is -0.404. The Kier molecular flexibility index (Phi) is 6.41. The van der Waals surface area contributed by atoms with Gasteiger partial charge in [-0.3, -0.25) is 9.59 Å². The van der Waals surface area contributed by atoms with Crippen LogP contribution in [-0.2, 0) is 14.3 Å². The fourth-order valence-electron chi connectivity index (χ4n) is 2.39. The van der Waals surface area contributed by atoms with E-state index in [0.29, 0.717) is 26.1 Å². The first kappa shape index (κ1) is 17.2. The zero-order valence-electron chi connectivity index (χ0n) is 12.7. The topological polar surface area (TPSA) is 99.2 Å². The van der Waals surface area contributed by atoms with Gasteiger partial charge in [0.05, 0.1) is 12.5 Å². The molecule has 0 saturated carbocycles. The molecule has 0 aromatic heterocycles. The van der Waals surface area contributed by atoms with Crippen molar-refractivity contribution in [2.75, 3.05) is 40.4 Å². The number of amides is 3. The smallest absolute Gasteiger partial charge is 0.320 e. The molecule has 0 bridgehead atoms. The molecule has 2 atom stereocenters. The number of hydrogen-bond acceptors (Lipinski definition) is 4. The van der Waals surface area contributed by atoms with Gasteiger partial charge in [-0.15, -0.1) is 0 Å². The van der Waals surface area contributed by atoms with Crippen LogP contribution in [0.2, 0.25) is 0 Å². The number of aliphatic carboxylic acids is 1. The monoisotopic (exact) mass is 301 g/mol. The lowest BCUT2D eigenvalue weighted by Gasteiger charge is -2.28. The number of nitrogens with one attached hydrogen (secondary N) is 1. The third kappa shape index (κ3) is 4.59. The van der Waals surface area contributed by atoms with Crippen LogP contribution < -0.4 is 5.32 Å². The number of carbonyl (C=O) groups is 3. The van der Waals surface area contributed by atoms with Crippen molar-refractivity contribution in [1.82, 2.24) is 15.1 Å². The van der Waals surface area contributed by atoms with Gasteiger partial charge >= 0.3 is 12.0 Å². The SMILES string of the molecule is COCCNC(=O)CN(C)C(=O)N1CCC(C(=O)O)C1C. The molecule has 21 heavy (non-hydrogen) atoms. The highest BCUT2D eigenvalue weighted by Gasteiger charge is 2.39. The Bertz CT molecular complexity index is 401. The van der Waals surface area contributed by atoms with Gasteiger partial charge in [-0.25, -0.2) is 4.79 Å². The Morgan fingerprint density at radius 1 is 1.43 bits per heavy atom. The van der Waals surface area contributed by atoms with Gasteiger partial charge < -0.3 is 25.0 Å². The molecular weight excluding hydrogens is 278 g/mol. The summed E-state index contributed by atoms with van der Waals surface area (Å²) in [7, 11) is 3.06. The van der Waals surface area contributed by atoms with E-state index in [4.69, 9.17) is 9.84 Å². The molecule has 1 saturated heterocycles. The summed E-state index contributed by atoms with van der Waals surface area (Å²) < 4.78 is 4.82. The standard InChI is InChI=1S/C13H23N3O5/c1-9-10(12(18)19)4-6-16(9)13(20)15(2)8-11(17)14-5-7-21-3/h9-10H,4-8H2,1-3H3,(H,14,17)(H,18,19). The van der Waals surface area contributed by atoms with E-state index in [9.17, 15) is 14.4 Å². The summed E-state index contributed by atoms with van der Waals surface area (Å²) >= 11 is 0. The molecular formula is C13H23N3O5. The van der Waals surface area contributed by atoms with Crippen molar-refractivity contribution >= 4 is 17.9 Å². The maximum absolute atomic E-state index is 12.2. The van der Waals surface area contributed by atoms with E-state index in [1.807, 2.05) is 0 Å².